The Labute approximate surface area is 201 Å². The van der Waals surface area contributed by atoms with E-state index in [-0.39, 0.29) is 31.0 Å². The Balaban J connectivity index is 1.67. The highest BCUT2D eigenvalue weighted by atomic mass is 16.5. The molecule has 0 aliphatic heterocycles. The van der Waals surface area contributed by atoms with Gasteiger partial charge in [0.25, 0.3) is 0 Å². The molecular weight excluding hydrogens is 432 g/mol. The van der Waals surface area contributed by atoms with Crippen LogP contribution in [-0.2, 0) is 16.1 Å². The van der Waals surface area contributed by atoms with E-state index in [9.17, 15) is 19.8 Å². The third-order valence-electron chi connectivity index (χ3n) is 6.53. The lowest BCUT2D eigenvalue weighted by Gasteiger charge is -2.26. The van der Waals surface area contributed by atoms with Crippen LogP contribution in [0.25, 0.3) is 0 Å². The molecule has 3 atom stereocenters. The highest BCUT2D eigenvalue weighted by Crippen LogP contribution is 2.29. The summed E-state index contributed by atoms with van der Waals surface area (Å²) in [6.07, 6.45) is 1.67. The number of aliphatic hydroxyl groups is 1. The number of aliphatic carboxylic acids is 1. The summed E-state index contributed by atoms with van der Waals surface area (Å²) in [4.78, 5) is 26.2. The number of methoxy groups -OCH3 is 1. The monoisotopic (exact) mass is 468 g/mol. The van der Waals surface area contributed by atoms with Crippen LogP contribution in [-0.4, -0.2) is 52.8 Å². The maximum atomic E-state index is 13.3. The number of anilines is 1. The van der Waals surface area contributed by atoms with E-state index in [1.165, 1.54) is 10.5 Å². The summed E-state index contributed by atoms with van der Waals surface area (Å²) in [5.74, 6) is -0.419. The predicted octanol–water partition coefficient (Wildman–Crippen LogP) is 4.26. The van der Waals surface area contributed by atoms with Gasteiger partial charge in [0.15, 0.2) is 0 Å². The molecule has 184 valence electrons. The lowest BCUT2D eigenvalue weighted by molar-refractivity contribution is -0.147. The minimum atomic E-state index is -1.04. The van der Waals surface area contributed by atoms with Gasteiger partial charge in [-0.3, -0.25) is 9.59 Å². The summed E-state index contributed by atoms with van der Waals surface area (Å²) in [5, 5.41) is 23.6. The van der Waals surface area contributed by atoms with Gasteiger partial charge >= 0.3 is 5.97 Å². The van der Waals surface area contributed by atoms with Gasteiger partial charge in [-0.05, 0) is 67.0 Å². The van der Waals surface area contributed by atoms with Gasteiger partial charge in [-0.15, -0.1) is 0 Å². The number of nitrogens with one attached hydrogen (secondary N) is 1. The summed E-state index contributed by atoms with van der Waals surface area (Å²) < 4.78 is 5.17. The van der Waals surface area contributed by atoms with Crippen molar-refractivity contribution in [2.45, 2.75) is 64.1 Å². The SMILES string of the molecule is COc1ccc(CN(CC(=O)O)C(=O)[C@@H]2CC[C@H](Nc3cccc(C(C)C)c3)[C@@H](O)CC2)cc1. The summed E-state index contributed by atoms with van der Waals surface area (Å²) >= 11 is 0. The molecule has 0 unspecified atom stereocenters. The fraction of sp³-hybridized carbons (Fsp3) is 0.481. The summed E-state index contributed by atoms with van der Waals surface area (Å²) in [6, 6.07) is 15.3. The summed E-state index contributed by atoms with van der Waals surface area (Å²) in [7, 11) is 1.58. The van der Waals surface area contributed by atoms with Crippen LogP contribution in [0.15, 0.2) is 48.5 Å². The van der Waals surface area contributed by atoms with Gasteiger partial charge in [-0.25, -0.2) is 0 Å². The van der Waals surface area contributed by atoms with Gasteiger partial charge in [0.05, 0.1) is 19.3 Å². The number of amides is 1. The lowest BCUT2D eigenvalue weighted by atomic mass is 9.98. The highest BCUT2D eigenvalue weighted by molar-refractivity contribution is 5.83. The fourth-order valence-corrected chi connectivity index (χ4v) is 4.49. The van der Waals surface area contributed by atoms with E-state index in [2.05, 4.69) is 31.3 Å². The normalized spacial score (nSPS) is 20.4. The Morgan fingerprint density at radius 2 is 1.79 bits per heavy atom. The molecule has 2 aromatic carbocycles. The minimum absolute atomic E-state index is 0.158. The Hall–Kier alpha value is -3.06. The molecule has 0 bridgehead atoms. The second-order valence-corrected chi connectivity index (χ2v) is 9.39. The summed E-state index contributed by atoms with van der Waals surface area (Å²) in [5.41, 5.74) is 3.03. The van der Waals surface area contributed by atoms with E-state index in [0.29, 0.717) is 37.4 Å². The molecule has 0 aromatic heterocycles. The standard InChI is InChI=1S/C27H36N2O5/c1-18(2)21-5-4-6-22(15-21)28-24-13-9-20(10-14-25(24)30)27(33)29(17-26(31)32)16-19-7-11-23(34-3)12-8-19/h4-8,11-12,15,18,20,24-25,28,30H,9-10,13-14,16-17H2,1-3H3,(H,31,32)/t20-,24+,25+/m1/s1. The molecule has 2 aromatic rings. The van der Waals surface area contributed by atoms with Crippen molar-refractivity contribution in [3.63, 3.8) is 0 Å². The van der Waals surface area contributed by atoms with Crippen molar-refractivity contribution in [3.05, 3.63) is 59.7 Å². The lowest BCUT2D eigenvalue weighted by Crippen LogP contribution is -2.39. The topological polar surface area (TPSA) is 99.1 Å². The molecule has 3 N–H and O–H groups in total. The number of benzene rings is 2. The number of hydrogen-bond donors (Lipinski definition) is 3. The minimum Gasteiger partial charge on any atom is -0.497 e. The number of aliphatic hydroxyl groups excluding tert-OH is 1. The zero-order valence-corrected chi connectivity index (χ0v) is 20.2. The van der Waals surface area contributed by atoms with Crippen LogP contribution in [0.1, 0.15) is 56.6 Å². The molecule has 1 saturated carbocycles. The first kappa shape index (κ1) is 25.6. The van der Waals surface area contributed by atoms with Crippen LogP contribution in [0.5, 0.6) is 5.75 Å². The Kier molecular flexibility index (Phi) is 8.93. The van der Waals surface area contributed by atoms with E-state index < -0.39 is 12.1 Å². The average molecular weight is 469 g/mol. The zero-order chi connectivity index (χ0) is 24.7. The molecule has 7 nitrogen and oxygen atoms in total. The van der Waals surface area contributed by atoms with Gasteiger partial charge in [-0.2, -0.15) is 0 Å². The number of nitrogens with zero attached hydrogens (tertiary/aromatic N) is 1. The molecule has 0 radical (unpaired) electrons. The van der Waals surface area contributed by atoms with Crippen LogP contribution in [0.4, 0.5) is 5.69 Å². The van der Waals surface area contributed by atoms with Crippen LogP contribution in [0.2, 0.25) is 0 Å². The van der Waals surface area contributed by atoms with Crippen molar-refractivity contribution in [2.24, 2.45) is 5.92 Å². The van der Waals surface area contributed by atoms with Crippen LogP contribution in [0.3, 0.4) is 0 Å². The van der Waals surface area contributed by atoms with E-state index in [0.717, 1.165) is 11.3 Å². The second kappa shape index (κ2) is 11.9. The molecule has 3 rings (SSSR count). The number of carboxylic acids is 1. The molecule has 1 aliphatic carbocycles. The molecular formula is C27H36N2O5. The van der Waals surface area contributed by atoms with Crippen molar-refractivity contribution in [1.29, 1.82) is 0 Å². The Morgan fingerprint density at radius 1 is 1.09 bits per heavy atom. The van der Waals surface area contributed by atoms with Crippen LogP contribution >= 0.6 is 0 Å². The molecule has 34 heavy (non-hydrogen) atoms. The molecule has 1 amide bonds. The molecule has 7 heteroatoms. The maximum absolute atomic E-state index is 13.3. The largest absolute Gasteiger partial charge is 0.497 e. The van der Waals surface area contributed by atoms with E-state index in [1.54, 1.807) is 19.2 Å². The molecule has 1 fully saturated rings. The first-order valence-electron chi connectivity index (χ1n) is 11.9. The van der Waals surface area contributed by atoms with Gasteiger partial charge in [0, 0.05) is 18.2 Å². The second-order valence-electron chi connectivity index (χ2n) is 9.39. The van der Waals surface area contributed by atoms with Gasteiger partial charge in [-0.1, -0.05) is 38.1 Å². The van der Waals surface area contributed by atoms with Crippen molar-refractivity contribution < 1.29 is 24.5 Å². The smallest absolute Gasteiger partial charge is 0.323 e. The quantitative estimate of drug-likeness (QED) is 0.476. The van der Waals surface area contributed by atoms with Crippen molar-refractivity contribution in [2.75, 3.05) is 19.0 Å². The number of rotatable bonds is 9. The number of carbonyl (C=O) groups excluding carboxylic acids is 1. The first-order chi connectivity index (χ1) is 16.3. The highest BCUT2D eigenvalue weighted by Gasteiger charge is 2.32. The molecule has 1 aliphatic rings. The molecule has 0 saturated heterocycles. The van der Waals surface area contributed by atoms with E-state index in [4.69, 9.17) is 4.74 Å². The Morgan fingerprint density at radius 3 is 2.44 bits per heavy atom. The number of carbonyl (C=O) groups is 2. The third kappa shape index (κ3) is 6.97. The zero-order valence-electron chi connectivity index (χ0n) is 20.2. The maximum Gasteiger partial charge on any atom is 0.323 e. The van der Waals surface area contributed by atoms with Crippen LogP contribution < -0.4 is 10.1 Å². The van der Waals surface area contributed by atoms with Crippen LogP contribution in [0, 0.1) is 5.92 Å². The van der Waals surface area contributed by atoms with E-state index >= 15 is 0 Å². The van der Waals surface area contributed by atoms with Gasteiger partial charge in [0.2, 0.25) is 5.91 Å². The van der Waals surface area contributed by atoms with Crippen molar-refractivity contribution in [3.8, 4) is 5.75 Å². The number of ether oxygens (including phenoxy) is 1. The third-order valence-corrected chi connectivity index (χ3v) is 6.53. The first-order valence-corrected chi connectivity index (χ1v) is 11.9. The van der Waals surface area contributed by atoms with Crippen molar-refractivity contribution >= 4 is 17.6 Å². The van der Waals surface area contributed by atoms with E-state index in [1.807, 2.05) is 24.3 Å². The van der Waals surface area contributed by atoms with Gasteiger partial charge < -0.3 is 25.2 Å². The predicted molar refractivity (Wildman–Crippen MR) is 132 cm³/mol. The number of hydrogen-bond acceptors (Lipinski definition) is 5. The van der Waals surface area contributed by atoms with Gasteiger partial charge in [0.1, 0.15) is 12.3 Å². The Bertz CT molecular complexity index is 960. The fourth-order valence-electron chi connectivity index (χ4n) is 4.49. The molecule has 0 heterocycles. The molecule has 0 spiro atoms. The van der Waals surface area contributed by atoms with Crippen molar-refractivity contribution in [1.82, 2.24) is 4.90 Å². The summed E-state index contributed by atoms with van der Waals surface area (Å²) in [6.45, 7) is 4.15. The average Bonchev–Trinajstić information content (AvgIpc) is 3.00. The number of carboxylic acid groups (broad SMARTS) is 1.